The molecule has 2 aliphatic carbocycles. The molecular formula is C32H34N2O4. The van der Waals surface area contributed by atoms with Crippen LogP contribution in [-0.2, 0) is 24.2 Å². The highest BCUT2D eigenvalue weighted by atomic mass is 16.5. The Morgan fingerprint density at radius 3 is 2.55 bits per heavy atom. The molecule has 6 heteroatoms. The van der Waals surface area contributed by atoms with Gasteiger partial charge < -0.3 is 14.6 Å². The fourth-order valence-corrected chi connectivity index (χ4v) is 5.95. The van der Waals surface area contributed by atoms with Crippen LogP contribution in [0, 0.1) is 42.4 Å². The third-order valence-corrected chi connectivity index (χ3v) is 8.08. The molecule has 0 spiro atoms. The molecular weight excluding hydrogens is 476 g/mol. The van der Waals surface area contributed by atoms with Gasteiger partial charge in [-0.05, 0) is 96.7 Å². The van der Waals surface area contributed by atoms with Gasteiger partial charge in [0.1, 0.15) is 18.5 Å². The van der Waals surface area contributed by atoms with Crippen molar-refractivity contribution in [3.63, 3.8) is 0 Å². The van der Waals surface area contributed by atoms with Crippen LogP contribution in [-0.4, -0.2) is 22.2 Å². The van der Waals surface area contributed by atoms with Gasteiger partial charge in [0.2, 0.25) is 5.88 Å². The molecule has 2 aromatic carbocycles. The van der Waals surface area contributed by atoms with Gasteiger partial charge in [0, 0.05) is 25.1 Å². The van der Waals surface area contributed by atoms with Gasteiger partial charge in [0.05, 0.1) is 17.4 Å². The second-order valence-corrected chi connectivity index (χ2v) is 11.4. The van der Waals surface area contributed by atoms with Crippen LogP contribution in [0.2, 0.25) is 0 Å². The number of carbonyl (C=O) groups is 1. The van der Waals surface area contributed by atoms with Crippen LogP contribution >= 0.6 is 0 Å². The fraction of sp³-hybridized carbons (Fsp3) is 0.406. The predicted molar refractivity (Wildman–Crippen MR) is 145 cm³/mol. The van der Waals surface area contributed by atoms with Crippen molar-refractivity contribution in [1.29, 1.82) is 5.26 Å². The summed E-state index contributed by atoms with van der Waals surface area (Å²) in [6, 6.07) is 16.9. The highest BCUT2D eigenvalue weighted by Crippen LogP contribution is 2.43. The van der Waals surface area contributed by atoms with E-state index in [1.54, 1.807) is 6.20 Å². The van der Waals surface area contributed by atoms with Gasteiger partial charge >= 0.3 is 5.97 Å². The zero-order valence-electron chi connectivity index (χ0n) is 22.5. The SMILES string of the molecule is Cc1cc(OC2CC(C)(C#N)C2)cc(C)c1-c1cccc(COc2cc3c(cn2)C[C@@H](C(=O)O)[C@@H](C)C3)c1. The van der Waals surface area contributed by atoms with Gasteiger partial charge in [-0.25, -0.2) is 4.98 Å². The first-order valence-corrected chi connectivity index (χ1v) is 13.3. The fourth-order valence-electron chi connectivity index (χ4n) is 5.95. The summed E-state index contributed by atoms with van der Waals surface area (Å²) in [5.41, 5.74) is 7.51. The number of carboxylic acids is 1. The molecule has 196 valence electrons. The van der Waals surface area contributed by atoms with E-state index in [1.807, 2.05) is 32.0 Å². The molecule has 1 fully saturated rings. The maximum absolute atomic E-state index is 11.5. The number of hydrogen-bond donors (Lipinski definition) is 1. The van der Waals surface area contributed by atoms with E-state index in [0.29, 0.717) is 18.9 Å². The maximum atomic E-state index is 11.5. The minimum atomic E-state index is -0.738. The van der Waals surface area contributed by atoms with Crippen LogP contribution in [0.5, 0.6) is 11.6 Å². The maximum Gasteiger partial charge on any atom is 0.307 e. The molecule has 2 atom stereocenters. The second-order valence-electron chi connectivity index (χ2n) is 11.4. The molecule has 1 heterocycles. The van der Waals surface area contributed by atoms with Crippen molar-refractivity contribution in [3.8, 4) is 28.8 Å². The van der Waals surface area contributed by atoms with E-state index < -0.39 is 5.97 Å². The first kappa shape index (κ1) is 25.8. The number of nitriles is 1. The molecule has 0 radical (unpaired) electrons. The summed E-state index contributed by atoms with van der Waals surface area (Å²) >= 11 is 0. The van der Waals surface area contributed by atoms with Crippen molar-refractivity contribution in [2.75, 3.05) is 0 Å². The highest BCUT2D eigenvalue weighted by Gasteiger charge is 2.42. The topological polar surface area (TPSA) is 92.4 Å². The molecule has 0 saturated heterocycles. The summed E-state index contributed by atoms with van der Waals surface area (Å²) < 4.78 is 12.2. The molecule has 1 aromatic heterocycles. The van der Waals surface area contributed by atoms with Crippen LogP contribution in [0.15, 0.2) is 48.7 Å². The lowest BCUT2D eigenvalue weighted by atomic mass is 9.69. The Labute approximate surface area is 224 Å². The van der Waals surface area contributed by atoms with Gasteiger partial charge in [-0.2, -0.15) is 5.26 Å². The Morgan fingerprint density at radius 2 is 1.87 bits per heavy atom. The largest absolute Gasteiger partial charge is 0.490 e. The summed E-state index contributed by atoms with van der Waals surface area (Å²) in [5.74, 6) is 0.409. The number of carboxylic acid groups (broad SMARTS) is 1. The van der Waals surface area contributed by atoms with Crippen molar-refractivity contribution in [2.24, 2.45) is 17.3 Å². The molecule has 0 amide bonds. The molecule has 6 nitrogen and oxygen atoms in total. The Bertz CT molecular complexity index is 1390. The van der Waals surface area contributed by atoms with Gasteiger partial charge in [0.25, 0.3) is 0 Å². The van der Waals surface area contributed by atoms with Crippen molar-refractivity contribution in [1.82, 2.24) is 4.98 Å². The van der Waals surface area contributed by atoms with E-state index in [1.165, 1.54) is 5.56 Å². The van der Waals surface area contributed by atoms with Crippen LogP contribution in [0.4, 0.5) is 0 Å². The lowest BCUT2D eigenvalue weighted by Crippen LogP contribution is -2.41. The summed E-state index contributed by atoms with van der Waals surface area (Å²) in [6.45, 7) is 8.58. The van der Waals surface area contributed by atoms with Crippen molar-refractivity contribution < 1.29 is 19.4 Å². The monoisotopic (exact) mass is 510 g/mol. The number of benzene rings is 2. The van der Waals surface area contributed by atoms with Crippen LogP contribution < -0.4 is 9.47 Å². The smallest absolute Gasteiger partial charge is 0.307 e. The summed E-state index contributed by atoms with van der Waals surface area (Å²) in [6.07, 6.45) is 4.65. The summed E-state index contributed by atoms with van der Waals surface area (Å²) in [5, 5.41) is 18.7. The molecule has 1 saturated carbocycles. The first-order valence-electron chi connectivity index (χ1n) is 13.3. The number of aliphatic carboxylic acids is 1. The number of rotatable bonds is 7. The number of fused-ring (bicyclic) bond motifs is 1. The zero-order valence-corrected chi connectivity index (χ0v) is 22.5. The molecule has 38 heavy (non-hydrogen) atoms. The lowest BCUT2D eigenvalue weighted by Gasteiger charge is -2.39. The number of hydrogen-bond acceptors (Lipinski definition) is 5. The van der Waals surface area contributed by atoms with E-state index >= 15 is 0 Å². The van der Waals surface area contributed by atoms with E-state index in [0.717, 1.165) is 58.4 Å². The Hall–Kier alpha value is -3.85. The number of nitrogens with zero attached hydrogens (tertiary/aromatic N) is 2. The van der Waals surface area contributed by atoms with Crippen molar-refractivity contribution in [2.45, 2.75) is 66.1 Å². The minimum Gasteiger partial charge on any atom is -0.490 e. The van der Waals surface area contributed by atoms with Crippen molar-refractivity contribution >= 4 is 5.97 Å². The quantitative estimate of drug-likeness (QED) is 0.393. The molecule has 1 N–H and O–H groups in total. The normalized spacial score (nSPS) is 24.0. The first-order chi connectivity index (χ1) is 18.1. The Morgan fingerprint density at radius 1 is 1.13 bits per heavy atom. The molecule has 0 bridgehead atoms. The van der Waals surface area contributed by atoms with Gasteiger partial charge in [-0.1, -0.05) is 25.1 Å². The van der Waals surface area contributed by atoms with E-state index in [9.17, 15) is 15.2 Å². The average molecular weight is 511 g/mol. The van der Waals surface area contributed by atoms with Crippen LogP contribution in [0.25, 0.3) is 11.1 Å². The van der Waals surface area contributed by atoms with Gasteiger partial charge in [0.15, 0.2) is 0 Å². The number of aromatic nitrogens is 1. The molecule has 2 aliphatic rings. The van der Waals surface area contributed by atoms with E-state index in [-0.39, 0.29) is 23.4 Å². The Kier molecular flexibility index (Phi) is 6.88. The van der Waals surface area contributed by atoms with Crippen LogP contribution in [0.1, 0.15) is 54.5 Å². The number of pyridine rings is 1. The summed E-state index contributed by atoms with van der Waals surface area (Å²) in [7, 11) is 0. The van der Waals surface area contributed by atoms with Crippen LogP contribution in [0.3, 0.4) is 0 Å². The summed E-state index contributed by atoms with van der Waals surface area (Å²) in [4.78, 5) is 16.0. The highest BCUT2D eigenvalue weighted by molar-refractivity contribution is 5.72. The predicted octanol–water partition coefficient (Wildman–Crippen LogP) is 6.45. The second kappa shape index (κ2) is 10.1. The van der Waals surface area contributed by atoms with Crippen molar-refractivity contribution in [3.05, 3.63) is 76.5 Å². The number of ether oxygens (including phenoxy) is 2. The third-order valence-electron chi connectivity index (χ3n) is 8.08. The molecule has 0 aliphatic heterocycles. The van der Waals surface area contributed by atoms with Gasteiger partial charge in [-0.3, -0.25) is 4.79 Å². The molecule has 0 unspecified atom stereocenters. The lowest BCUT2D eigenvalue weighted by molar-refractivity contribution is -0.143. The third kappa shape index (κ3) is 5.24. The average Bonchev–Trinajstić information content (AvgIpc) is 2.85. The zero-order chi connectivity index (χ0) is 27.0. The Balaban J connectivity index is 1.27. The number of aryl methyl sites for hydroxylation is 2. The van der Waals surface area contributed by atoms with E-state index in [4.69, 9.17) is 9.47 Å². The van der Waals surface area contributed by atoms with E-state index in [2.05, 4.69) is 49.2 Å². The molecule has 5 rings (SSSR count). The standard InChI is InChI=1S/C32H34N2O4/c1-19-8-24-13-29(34-16-25(24)12-28(19)31(35)36)37-17-22-6-5-7-23(11-22)30-20(2)9-26(10-21(30)3)38-27-14-32(4,15-27)18-33/h5-7,9-11,13,16,19,27-28H,8,12,14-15,17H2,1-4H3,(H,35,36)/t19-,27?,28+,32?/m0/s1. The minimum absolute atomic E-state index is 0.0849. The molecule has 3 aromatic rings. The van der Waals surface area contributed by atoms with Gasteiger partial charge in [-0.15, -0.1) is 0 Å².